The van der Waals surface area contributed by atoms with E-state index in [0.29, 0.717) is 33.3 Å². The van der Waals surface area contributed by atoms with Crippen LogP contribution in [0.4, 0.5) is 3.89 Å². The number of methoxy groups -OCH3 is 2. The van der Waals surface area contributed by atoms with Gasteiger partial charge in [-0.15, -0.1) is 0 Å². The second-order valence-corrected chi connectivity index (χ2v) is 7.29. The number of aromatic nitrogens is 1. The number of halogens is 1. The summed E-state index contributed by atoms with van der Waals surface area (Å²) in [6.07, 6.45) is 0. The van der Waals surface area contributed by atoms with Gasteiger partial charge >= 0.3 is 16.5 Å². The summed E-state index contributed by atoms with van der Waals surface area (Å²) in [5, 5.41) is 11.2. The molecule has 0 radical (unpaired) electrons. The zero-order valence-corrected chi connectivity index (χ0v) is 17.8. The highest BCUT2D eigenvalue weighted by atomic mass is 32.3. The molecule has 8 nitrogen and oxygen atoms in total. The number of carbonyl (C=O) groups is 1. The highest BCUT2D eigenvalue weighted by Crippen LogP contribution is 2.42. The third kappa shape index (κ3) is 4.76. The summed E-state index contributed by atoms with van der Waals surface area (Å²) in [6.45, 7) is 0. The number of fused-ring (bicyclic) bond motifs is 2. The molecule has 0 aliphatic heterocycles. The Kier molecular flexibility index (Phi) is 6.56. The van der Waals surface area contributed by atoms with E-state index in [0.717, 1.165) is 11.1 Å². The minimum atomic E-state index is -5.17. The van der Waals surface area contributed by atoms with Gasteiger partial charge in [0.05, 0.1) is 30.8 Å². The molecule has 10 heteroatoms. The molecule has 3 aromatic carbocycles. The highest BCUT2D eigenvalue weighted by Gasteiger charge is 2.21. The predicted molar refractivity (Wildman–Crippen MR) is 117 cm³/mol. The number of rotatable bonds is 4. The van der Waals surface area contributed by atoms with Gasteiger partial charge < -0.3 is 14.6 Å². The van der Waals surface area contributed by atoms with E-state index in [1.165, 1.54) is 0 Å². The maximum Gasteiger partial charge on any atom is 0.435 e. The molecular formula is C22H18FNO7S. The molecule has 0 fully saturated rings. The van der Waals surface area contributed by atoms with Gasteiger partial charge in [-0.1, -0.05) is 46.4 Å². The Morgan fingerprint density at radius 3 is 2.12 bits per heavy atom. The van der Waals surface area contributed by atoms with Crippen LogP contribution in [0.25, 0.3) is 32.9 Å². The Morgan fingerprint density at radius 2 is 1.50 bits per heavy atom. The number of benzene rings is 3. The fourth-order valence-corrected chi connectivity index (χ4v) is 3.49. The summed E-state index contributed by atoms with van der Waals surface area (Å²) < 4.78 is 45.1. The molecule has 0 saturated heterocycles. The van der Waals surface area contributed by atoms with Crippen molar-refractivity contribution in [3.8, 4) is 22.6 Å². The average Bonchev–Trinajstić information content (AvgIpc) is 2.75. The standard InChI is InChI=1S/C22H17NO4.FHO3S/c1-26-18-12-6-9-14(21(18)27-2)13-8-5-11-17-19(13)20(22(24)25)15-7-3-4-10-16(15)23-17;1-5(2,3)4/h3-12H,1-2H3,(H,24,25);(H,2,3,4). The number of nitrogens with zero attached hydrogens (tertiary/aromatic N) is 1. The van der Waals surface area contributed by atoms with Gasteiger partial charge in [0.25, 0.3) is 0 Å². The van der Waals surface area contributed by atoms with Gasteiger partial charge in [-0.3, -0.25) is 4.55 Å². The van der Waals surface area contributed by atoms with Gasteiger partial charge in [0.15, 0.2) is 11.5 Å². The number of hydrogen-bond acceptors (Lipinski definition) is 6. The molecular weight excluding hydrogens is 441 g/mol. The van der Waals surface area contributed by atoms with E-state index in [-0.39, 0.29) is 5.56 Å². The topological polar surface area (TPSA) is 123 Å². The van der Waals surface area contributed by atoms with Crippen LogP contribution in [-0.2, 0) is 10.5 Å². The van der Waals surface area contributed by atoms with E-state index in [1.807, 2.05) is 48.5 Å². The first-order chi connectivity index (χ1) is 15.2. The molecule has 0 aliphatic rings. The first-order valence-corrected chi connectivity index (χ1v) is 10.4. The summed E-state index contributed by atoms with van der Waals surface area (Å²) in [5.41, 5.74) is 2.99. The van der Waals surface area contributed by atoms with Crippen molar-refractivity contribution in [2.24, 2.45) is 0 Å². The quantitative estimate of drug-likeness (QED) is 0.259. The van der Waals surface area contributed by atoms with Crippen molar-refractivity contribution in [1.82, 2.24) is 4.98 Å². The molecule has 4 rings (SSSR count). The Hall–Kier alpha value is -3.76. The maximum absolute atomic E-state index is 12.2. The van der Waals surface area contributed by atoms with Crippen LogP contribution in [0.1, 0.15) is 10.4 Å². The highest BCUT2D eigenvalue weighted by molar-refractivity contribution is 7.80. The number of carboxylic acids is 1. The van der Waals surface area contributed by atoms with Gasteiger partial charge in [0, 0.05) is 16.3 Å². The smallest absolute Gasteiger partial charge is 0.435 e. The molecule has 2 N–H and O–H groups in total. The monoisotopic (exact) mass is 459 g/mol. The minimum Gasteiger partial charge on any atom is -0.493 e. The van der Waals surface area contributed by atoms with Crippen molar-refractivity contribution in [1.29, 1.82) is 0 Å². The number of pyridine rings is 1. The molecule has 0 amide bonds. The van der Waals surface area contributed by atoms with Crippen molar-refractivity contribution in [3.63, 3.8) is 0 Å². The van der Waals surface area contributed by atoms with E-state index in [2.05, 4.69) is 4.98 Å². The van der Waals surface area contributed by atoms with Crippen molar-refractivity contribution in [2.75, 3.05) is 14.2 Å². The summed E-state index contributed by atoms with van der Waals surface area (Å²) >= 11 is 0. The van der Waals surface area contributed by atoms with Gasteiger partial charge in [-0.2, -0.15) is 8.42 Å². The summed E-state index contributed by atoms with van der Waals surface area (Å²) in [5.74, 6) is 0.141. The molecule has 0 aliphatic carbocycles. The number of carboxylic acid groups (broad SMARTS) is 1. The zero-order valence-electron chi connectivity index (χ0n) is 16.9. The molecule has 0 spiro atoms. The fourth-order valence-electron chi connectivity index (χ4n) is 3.49. The lowest BCUT2D eigenvalue weighted by Gasteiger charge is -2.16. The Labute approximate surface area is 182 Å². The fraction of sp³-hybridized carbons (Fsp3) is 0.0909. The van der Waals surface area contributed by atoms with Crippen LogP contribution >= 0.6 is 0 Å². The van der Waals surface area contributed by atoms with Crippen molar-refractivity contribution >= 4 is 38.3 Å². The zero-order chi connectivity index (χ0) is 23.5. The van der Waals surface area contributed by atoms with E-state index >= 15 is 0 Å². The predicted octanol–water partition coefficient (Wildman–Crippen LogP) is 4.53. The maximum atomic E-state index is 12.2. The van der Waals surface area contributed by atoms with Crippen LogP contribution in [0.3, 0.4) is 0 Å². The molecule has 32 heavy (non-hydrogen) atoms. The summed E-state index contributed by atoms with van der Waals surface area (Å²) in [4.78, 5) is 16.9. The summed E-state index contributed by atoms with van der Waals surface area (Å²) in [7, 11) is -2.03. The van der Waals surface area contributed by atoms with Crippen LogP contribution in [0.2, 0.25) is 0 Å². The van der Waals surface area contributed by atoms with Gasteiger partial charge in [-0.05, 0) is 23.8 Å². The molecule has 1 aromatic heterocycles. The molecule has 4 aromatic rings. The second kappa shape index (κ2) is 9.16. The molecule has 1 heterocycles. The Bertz CT molecular complexity index is 1410. The minimum absolute atomic E-state index is 0.232. The van der Waals surface area contributed by atoms with E-state index in [4.69, 9.17) is 22.4 Å². The van der Waals surface area contributed by atoms with Crippen molar-refractivity contribution < 1.29 is 36.2 Å². The molecule has 0 unspecified atom stereocenters. The van der Waals surface area contributed by atoms with E-state index < -0.39 is 16.5 Å². The van der Waals surface area contributed by atoms with Crippen molar-refractivity contribution in [3.05, 3.63) is 66.2 Å². The normalized spacial score (nSPS) is 11.0. The first-order valence-electron chi connectivity index (χ1n) is 9.09. The van der Waals surface area contributed by atoms with Gasteiger partial charge in [0.1, 0.15) is 0 Å². The lowest BCUT2D eigenvalue weighted by atomic mass is 9.94. The molecule has 0 saturated carbocycles. The number of aromatic carboxylic acids is 1. The third-order valence-electron chi connectivity index (χ3n) is 4.61. The Morgan fingerprint density at radius 1 is 0.906 bits per heavy atom. The second-order valence-electron chi connectivity index (χ2n) is 6.46. The van der Waals surface area contributed by atoms with E-state index in [9.17, 15) is 13.8 Å². The number of para-hydroxylation sites is 2. The van der Waals surface area contributed by atoms with Crippen molar-refractivity contribution in [2.45, 2.75) is 0 Å². The summed E-state index contributed by atoms with van der Waals surface area (Å²) in [6, 6.07) is 18.4. The SMILES string of the molecule is COc1cccc(-c2cccc3nc4ccccc4c(C(=O)O)c23)c1OC.O=S(=O)(O)F. The lowest BCUT2D eigenvalue weighted by Crippen LogP contribution is -2.02. The molecule has 0 atom stereocenters. The van der Waals surface area contributed by atoms with Crippen LogP contribution in [0, 0.1) is 0 Å². The largest absolute Gasteiger partial charge is 0.493 e. The number of ether oxygens (including phenoxy) is 2. The molecule has 166 valence electrons. The van der Waals surface area contributed by atoms with Crippen LogP contribution in [-0.4, -0.2) is 43.2 Å². The molecule has 0 bridgehead atoms. The van der Waals surface area contributed by atoms with Crippen LogP contribution in [0.15, 0.2) is 60.7 Å². The third-order valence-corrected chi connectivity index (χ3v) is 4.61. The average molecular weight is 459 g/mol. The van der Waals surface area contributed by atoms with Gasteiger partial charge in [-0.25, -0.2) is 9.78 Å². The number of hydrogen-bond donors (Lipinski definition) is 2. The lowest BCUT2D eigenvalue weighted by molar-refractivity contribution is 0.0701. The van der Waals surface area contributed by atoms with Gasteiger partial charge in [0.2, 0.25) is 0 Å². The Balaban J connectivity index is 0.000000523. The first kappa shape index (κ1) is 22.9. The van der Waals surface area contributed by atoms with Crippen LogP contribution in [0.5, 0.6) is 11.5 Å². The van der Waals surface area contributed by atoms with Crippen LogP contribution < -0.4 is 9.47 Å². The van der Waals surface area contributed by atoms with E-state index in [1.54, 1.807) is 26.4 Å².